The zero-order valence-corrected chi connectivity index (χ0v) is 33.3. The number of nitrogens with zero attached hydrogens (tertiary/aromatic N) is 4. The smallest absolute Gasteiger partial charge is 0.443 e. The third-order valence-corrected chi connectivity index (χ3v) is 8.29. The van der Waals surface area contributed by atoms with Crippen LogP contribution in [0.3, 0.4) is 0 Å². The first-order chi connectivity index (χ1) is 24.0. The van der Waals surface area contributed by atoms with Crippen molar-refractivity contribution in [1.82, 2.24) is 14.5 Å². The van der Waals surface area contributed by atoms with Gasteiger partial charge in [0.05, 0.1) is 17.6 Å². The van der Waals surface area contributed by atoms with Crippen LogP contribution in [-0.4, -0.2) is 61.9 Å². The van der Waals surface area contributed by atoms with Gasteiger partial charge in [0.1, 0.15) is 40.4 Å². The summed E-state index contributed by atoms with van der Waals surface area (Å²) < 4.78 is 30.5. The Bertz CT molecular complexity index is 1900. The van der Waals surface area contributed by atoms with Gasteiger partial charge in [-0.2, -0.15) is 4.90 Å². The minimum Gasteiger partial charge on any atom is -0.443 e. The van der Waals surface area contributed by atoms with Crippen molar-refractivity contribution in [3.63, 3.8) is 0 Å². The van der Waals surface area contributed by atoms with Crippen molar-refractivity contribution < 1.29 is 38.1 Å². The quantitative estimate of drug-likeness (QED) is 0.123. The van der Waals surface area contributed by atoms with Crippen molar-refractivity contribution in [2.75, 3.05) is 11.5 Å². The van der Waals surface area contributed by atoms with E-state index in [1.165, 1.54) is 0 Å². The normalized spacial score (nSPS) is 12.6. The molecule has 52 heavy (non-hydrogen) atoms. The molecule has 0 saturated heterocycles. The van der Waals surface area contributed by atoms with Crippen molar-refractivity contribution in [1.29, 1.82) is 0 Å². The first-order valence-corrected chi connectivity index (χ1v) is 18.2. The van der Waals surface area contributed by atoms with Crippen LogP contribution >= 0.6 is 11.3 Å². The van der Waals surface area contributed by atoms with E-state index >= 15 is 0 Å². The molecule has 0 spiro atoms. The fourth-order valence-corrected chi connectivity index (χ4v) is 6.24. The summed E-state index contributed by atoms with van der Waals surface area (Å²) in [6.45, 7) is 21.9. The molecule has 0 saturated carbocycles. The molecule has 0 unspecified atom stereocenters. The van der Waals surface area contributed by atoms with Gasteiger partial charge in [0.15, 0.2) is 5.82 Å². The largest absolute Gasteiger partial charge is 0.509 e. The highest BCUT2D eigenvalue weighted by molar-refractivity contribution is 7.12. The van der Waals surface area contributed by atoms with Crippen LogP contribution in [0.25, 0.3) is 21.9 Å². The fraction of sp³-hybridized carbons (Fsp3) is 0.553. The summed E-state index contributed by atoms with van der Waals surface area (Å²) >= 11 is 1.63. The number of carbonyl (C=O) groups excluding carboxylic acids is 3. The fourth-order valence-electron chi connectivity index (χ4n) is 5.31. The first kappa shape index (κ1) is 40.5. The SMILES string of the molecule is CCOCc1nc2c(N(C(=O)OC(C)(C)C)C(=O)OC(C)(C)C)nc3cc(Cc4ccc(CN)s4)ccc3c2n1CC(C)(C)OC(=O)OC(C)(C)C. The number of hydrogen-bond acceptors (Lipinski definition) is 12. The molecule has 0 bridgehead atoms. The molecule has 2 amide bonds. The summed E-state index contributed by atoms with van der Waals surface area (Å²) in [5.41, 5.74) is 4.30. The monoisotopic (exact) mass is 739 g/mol. The standard InChI is InChI=1S/C38H53N5O8S/c1-13-47-21-28-41-29-30(42(28)22-38(11,12)51-34(46)50-37(8,9)10)26-17-14-23(18-24-15-16-25(20-39)52-24)19-27(26)40-31(29)43(32(44)48-35(2,3)4)33(45)49-36(5,6)7/h14-17,19H,13,18,20-22,39H2,1-12H3. The topological polar surface area (TPSA) is 157 Å². The van der Waals surface area contributed by atoms with Crippen molar-refractivity contribution in [2.45, 2.75) is 132 Å². The predicted octanol–water partition coefficient (Wildman–Crippen LogP) is 8.64. The zero-order valence-electron chi connectivity index (χ0n) is 32.5. The number of benzene rings is 1. The molecule has 3 aromatic heterocycles. The number of nitrogens with two attached hydrogens (primary N) is 1. The third-order valence-electron chi connectivity index (χ3n) is 7.19. The Hall–Kier alpha value is -4.27. The molecule has 0 fully saturated rings. The van der Waals surface area contributed by atoms with E-state index < -0.39 is 40.7 Å². The van der Waals surface area contributed by atoms with Crippen molar-refractivity contribution in [3.8, 4) is 0 Å². The average molecular weight is 740 g/mol. The Morgan fingerprint density at radius 2 is 1.40 bits per heavy atom. The van der Waals surface area contributed by atoms with Crippen molar-refractivity contribution in [3.05, 3.63) is 51.5 Å². The molecule has 13 nitrogen and oxygen atoms in total. The molecular weight excluding hydrogens is 687 g/mol. The van der Waals surface area contributed by atoms with Crippen LogP contribution in [0.2, 0.25) is 0 Å². The summed E-state index contributed by atoms with van der Waals surface area (Å²) in [4.78, 5) is 53.6. The molecular formula is C38H53N5O8S. The van der Waals surface area contributed by atoms with Gasteiger partial charge in [0, 0.05) is 34.7 Å². The highest BCUT2D eigenvalue weighted by Crippen LogP contribution is 2.36. The minimum absolute atomic E-state index is 0.0768. The Kier molecular flexibility index (Phi) is 12.0. The van der Waals surface area contributed by atoms with Crippen LogP contribution < -0.4 is 10.6 Å². The number of ether oxygens (including phenoxy) is 5. The molecule has 0 aliphatic carbocycles. The summed E-state index contributed by atoms with van der Waals surface area (Å²) in [5, 5.41) is 0.688. The summed E-state index contributed by atoms with van der Waals surface area (Å²) in [5.74, 6) is 0.380. The number of imidazole rings is 1. The molecule has 4 rings (SSSR count). The minimum atomic E-state index is -1.11. The van der Waals surface area contributed by atoms with Crippen LogP contribution in [0.1, 0.15) is 104 Å². The number of anilines is 1. The van der Waals surface area contributed by atoms with Gasteiger partial charge >= 0.3 is 18.3 Å². The van der Waals surface area contributed by atoms with Crippen molar-refractivity contribution in [2.24, 2.45) is 5.73 Å². The number of fused-ring (bicyclic) bond motifs is 3. The lowest BCUT2D eigenvalue weighted by Crippen LogP contribution is -2.44. The molecule has 14 heteroatoms. The number of rotatable bonds is 10. The number of carbonyl (C=O) groups is 3. The van der Waals surface area contributed by atoms with Gasteiger partial charge in [-0.25, -0.2) is 24.4 Å². The maximum atomic E-state index is 14.0. The Morgan fingerprint density at radius 3 is 1.94 bits per heavy atom. The second-order valence-electron chi connectivity index (χ2n) is 16.1. The number of imide groups is 1. The molecule has 0 aliphatic rings. The Balaban J connectivity index is 2.02. The van der Waals surface area contributed by atoms with E-state index in [9.17, 15) is 14.4 Å². The van der Waals surface area contributed by atoms with E-state index in [2.05, 4.69) is 0 Å². The lowest BCUT2D eigenvalue weighted by atomic mass is 10.1. The van der Waals surface area contributed by atoms with Crippen LogP contribution in [0.15, 0.2) is 30.3 Å². The Labute approximate surface area is 309 Å². The number of hydrogen-bond donors (Lipinski definition) is 1. The highest BCUT2D eigenvalue weighted by Gasteiger charge is 2.37. The predicted molar refractivity (Wildman–Crippen MR) is 202 cm³/mol. The number of amides is 2. The molecule has 4 aromatic rings. The number of aromatic nitrogens is 3. The number of thiophene rings is 1. The molecule has 0 aliphatic heterocycles. The zero-order chi connectivity index (χ0) is 38.8. The van der Waals surface area contributed by atoms with Crippen LogP contribution in [0.5, 0.6) is 0 Å². The van der Waals surface area contributed by atoms with E-state index in [1.54, 1.807) is 87.5 Å². The molecule has 284 valence electrons. The molecule has 0 radical (unpaired) electrons. The van der Waals surface area contributed by atoms with E-state index in [0.29, 0.717) is 41.8 Å². The highest BCUT2D eigenvalue weighted by atomic mass is 32.1. The second-order valence-corrected chi connectivity index (χ2v) is 17.4. The van der Waals surface area contributed by atoms with E-state index in [0.717, 1.165) is 20.2 Å². The van der Waals surface area contributed by atoms with Crippen LogP contribution in [-0.2, 0) is 49.8 Å². The van der Waals surface area contributed by atoms with Gasteiger partial charge in [0.25, 0.3) is 0 Å². The maximum Gasteiger partial charge on any atom is 0.509 e. The van der Waals surface area contributed by atoms with Gasteiger partial charge in [-0.1, -0.05) is 12.1 Å². The molecule has 2 N–H and O–H groups in total. The molecule has 0 atom stereocenters. The average Bonchev–Trinajstić information content (AvgIpc) is 3.57. The van der Waals surface area contributed by atoms with Gasteiger partial charge in [-0.05, 0) is 107 Å². The Morgan fingerprint density at radius 1 is 0.808 bits per heavy atom. The lowest BCUT2D eigenvalue weighted by molar-refractivity contribution is -0.0584. The molecule has 3 heterocycles. The van der Waals surface area contributed by atoms with E-state index in [4.69, 9.17) is 39.4 Å². The van der Waals surface area contributed by atoms with Crippen LogP contribution in [0.4, 0.5) is 20.2 Å². The van der Waals surface area contributed by atoms with E-state index in [1.807, 2.05) is 41.8 Å². The van der Waals surface area contributed by atoms with Gasteiger partial charge in [-0.15, -0.1) is 11.3 Å². The summed E-state index contributed by atoms with van der Waals surface area (Å²) in [6.07, 6.45) is -2.16. The summed E-state index contributed by atoms with van der Waals surface area (Å²) in [6, 6.07) is 9.93. The summed E-state index contributed by atoms with van der Waals surface area (Å²) in [7, 11) is 0. The van der Waals surface area contributed by atoms with Gasteiger partial charge in [0.2, 0.25) is 0 Å². The number of pyridine rings is 1. The third kappa shape index (κ3) is 10.6. The van der Waals surface area contributed by atoms with Crippen molar-refractivity contribution >= 4 is 57.4 Å². The first-order valence-electron chi connectivity index (χ1n) is 17.3. The second kappa shape index (κ2) is 15.4. The van der Waals surface area contributed by atoms with Gasteiger partial charge < -0.3 is 34.0 Å². The lowest BCUT2D eigenvalue weighted by Gasteiger charge is -2.29. The van der Waals surface area contributed by atoms with E-state index in [-0.39, 0.29) is 24.5 Å². The molecule has 1 aromatic carbocycles. The van der Waals surface area contributed by atoms with Gasteiger partial charge in [-0.3, -0.25) is 0 Å². The van der Waals surface area contributed by atoms with Crippen LogP contribution in [0, 0.1) is 0 Å². The maximum absolute atomic E-state index is 14.0.